The van der Waals surface area contributed by atoms with Crippen LogP contribution in [-0.4, -0.2) is 28.9 Å². The topological polar surface area (TPSA) is 64.1 Å². The third-order valence-electron chi connectivity index (χ3n) is 4.02. The lowest BCUT2D eigenvalue weighted by Gasteiger charge is -2.46. The molecule has 1 saturated carbocycles. The van der Waals surface area contributed by atoms with Crippen molar-refractivity contribution < 1.29 is 18.3 Å². The quantitative estimate of drug-likeness (QED) is 0.856. The Morgan fingerprint density at radius 2 is 1.79 bits per heavy atom. The van der Waals surface area contributed by atoms with Crippen LogP contribution in [0.2, 0.25) is 0 Å². The van der Waals surface area contributed by atoms with Crippen molar-refractivity contribution in [2.24, 2.45) is 0 Å². The van der Waals surface area contributed by atoms with Crippen LogP contribution in [0.3, 0.4) is 0 Å². The second-order valence-electron chi connectivity index (χ2n) is 5.71. The molecule has 1 aromatic carbocycles. The van der Waals surface area contributed by atoms with E-state index in [9.17, 15) is 13.6 Å². The van der Waals surface area contributed by atoms with E-state index < -0.39 is 30.1 Å². The summed E-state index contributed by atoms with van der Waals surface area (Å²) in [5.41, 5.74) is -0.375. The Kier molecular flexibility index (Phi) is 4.25. The number of hydrogen-bond acceptors (Lipinski definition) is 4. The van der Waals surface area contributed by atoms with Crippen LogP contribution in [0.15, 0.2) is 41.1 Å². The van der Waals surface area contributed by atoms with Crippen molar-refractivity contribution in [2.45, 2.75) is 24.2 Å². The van der Waals surface area contributed by atoms with Gasteiger partial charge in [0.2, 0.25) is 5.91 Å². The maximum Gasteiger partial charge on any atom is 0.316 e. The number of carbonyl (C=O) groups excluding carboxylic acids is 1. The zero-order valence-electron chi connectivity index (χ0n) is 12.7. The van der Waals surface area contributed by atoms with E-state index >= 15 is 0 Å². The molecule has 8 heteroatoms. The molecule has 0 atom stereocenters. The fraction of sp³-hybridized carbons (Fsp3) is 0.312. The molecule has 1 fully saturated rings. The van der Waals surface area contributed by atoms with E-state index in [2.05, 4.69) is 31.2 Å². The van der Waals surface area contributed by atoms with Crippen LogP contribution >= 0.6 is 15.9 Å². The summed E-state index contributed by atoms with van der Waals surface area (Å²) in [6, 6.07) is 6.99. The van der Waals surface area contributed by atoms with E-state index in [1.165, 1.54) is 19.5 Å². The highest BCUT2D eigenvalue weighted by Gasteiger charge is 2.61. The average molecular weight is 398 g/mol. The molecule has 1 aliphatic rings. The van der Waals surface area contributed by atoms with Crippen molar-refractivity contribution in [3.63, 3.8) is 0 Å². The summed E-state index contributed by atoms with van der Waals surface area (Å²) in [6.07, 6.45) is 1.70. The number of aromatic nitrogens is 2. The SMILES string of the molecule is COc1ncc(NC(=O)C2(c3ccc(Br)cc3)CC(F)(F)C2)cn1. The van der Waals surface area contributed by atoms with E-state index in [-0.39, 0.29) is 6.01 Å². The van der Waals surface area contributed by atoms with Crippen LogP contribution in [0.1, 0.15) is 18.4 Å². The van der Waals surface area contributed by atoms with Crippen molar-refractivity contribution in [3.05, 3.63) is 46.7 Å². The lowest BCUT2D eigenvalue weighted by molar-refractivity contribution is -0.154. The monoisotopic (exact) mass is 397 g/mol. The number of rotatable bonds is 4. The van der Waals surface area contributed by atoms with Gasteiger partial charge in [0.15, 0.2) is 0 Å². The number of benzene rings is 1. The molecule has 0 bridgehead atoms. The largest absolute Gasteiger partial charge is 0.467 e. The fourth-order valence-electron chi connectivity index (χ4n) is 2.83. The summed E-state index contributed by atoms with van der Waals surface area (Å²) in [7, 11) is 1.42. The van der Waals surface area contributed by atoms with Gasteiger partial charge in [0.1, 0.15) is 0 Å². The minimum atomic E-state index is -2.85. The van der Waals surface area contributed by atoms with E-state index in [1.807, 2.05) is 0 Å². The van der Waals surface area contributed by atoms with Gasteiger partial charge in [0.05, 0.1) is 30.6 Å². The molecule has 1 amide bonds. The van der Waals surface area contributed by atoms with Crippen LogP contribution in [0, 0.1) is 0 Å². The molecule has 5 nitrogen and oxygen atoms in total. The number of methoxy groups -OCH3 is 1. The molecule has 0 saturated heterocycles. The van der Waals surface area contributed by atoms with E-state index in [0.29, 0.717) is 11.3 Å². The van der Waals surface area contributed by atoms with Crippen LogP contribution in [0.25, 0.3) is 0 Å². The van der Waals surface area contributed by atoms with Gasteiger partial charge in [-0.05, 0) is 17.7 Å². The molecular formula is C16H14BrF2N3O2. The van der Waals surface area contributed by atoms with Gasteiger partial charge in [0.25, 0.3) is 5.92 Å². The van der Waals surface area contributed by atoms with E-state index in [1.54, 1.807) is 24.3 Å². The standard InChI is InChI=1S/C16H14BrF2N3O2/c1-24-14-20-6-12(7-21-14)22-13(23)15(8-16(18,19)9-15)10-2-4-11(17)5-3-10/h2-7H,8-9H2,1H3,(H,22,23). The van der Waals surface area contributed by atoms with E-state index in [0.717, 1.165) is 4.47 Å². The number of amides is 1. The number of nitrogens with one attached hydrogen (secondary N) is 1. The Morgan fingerprint density at radius 3 is 2.29 bits per heavy atom. The van der Waals surface area contributed by atoms with Crippen LogP contribution in [0.5, 0.6) is 6.01 Å². The maximum atomic E-state index is 13.6. The number of carbonyl (C=O) groups is 1. The summed E-state index contributed by atoms with van der Waals surface area (Å²) in [4.78, 5) is 20.5. The Balaban J connectivity index is 1.86. The molecule has 24 heavy (non-hydrogen) atoms. The van der Waals surface area contributed by atoms with Crippen LogP contribution < -0.4 is 10.1 Å². The number of nitrogens with zero attached hydrogens (tertiary/aromatic N) is 2. The molecule has 2 aromatic rings. The molecule has 126 valence electrons. The molecule has 1 heterocycles. The number of hydrogen-bond donors (Lipinski definition) is 1. The van der Waals surface area contributed by atoms with Crippen LogP contribution in [-0.2, 0) is 10.2 Å². The molecule has 3 rings (SSSR count). The fourth-order valence-corrected chi connectivity index (χ4v) is 3.10. The molecule has 1 aliphatic carbocycles. The third-order valence-corrected chi connectivity index (χ3v) is 4.55. The minimum absolute atomic E-state index is 0.158. The maximum absolute atomic E-state index is 13.6. The van der Waals surface area contributed by atoms with Crippen molar-refractivity contribution in [3.8, 4) is 6.01 Å². The molecule has 0 spiro atoms. The number of halogens is 3. The first-order valence-corrected chi connectivity index (χ1v) is 7.95. The molecule has 1 N–H and O–H groups in total. The van der Waals surface area contributed by atoms with Gasteiger partial charge < -0.3 is 10.1 Å². The van der Waals surface area contributed by atoms with Crippen molar-refractivity contribution in [2.75, 3.05) is 12.4 Å². The number of ether oxygens (including phenoxy) is 1. The summed E-state index contributed by atoms with van der Waals surface area (Å²) in [5, 5.41) is 2.62. The first kappa shape index (κ1) is 16.8. The van der Waals surface area contributed by atoms with E-state index in [4.69, 9.17) is 4.74 Å². The smallest absolute Gasteiger partial charge is 0.316 e. The Hall–Kier alpha value is -2.09. The lowest BCUT2D eigenvalue weighted by Crippen LogP contribution is -2.56. The predicted octanol–water partition coefficient (Wildman–Crippen LogP) is 3.55. The zero-order chi connectivity index (χ0) is 17.4. The summed E-state index contributed by atoms with van der Waals surface area (Å²) >= 11 is 3.30. The van der Waals surface area contributed by atoms with Gasteiger partial charge in [-0.25, -0.2) is 18.7 Å². The Bertz CT molecular complexity index is 743. The Labute approximate surface area is 145 Å². The zero-order valence-corrected chi connectivity index (χ0v) is 14.3. The van der Waals surface area contributed by atoms with Crippen molar-refractivity contribution >= 4 is 27.5 Å². The van der Waals surface area contributed by atoms with Gasteiger partial charge in [-0.15, -0.1) is 0 Å². The van der Waals surface area contributed by atoms with Gasteiger partial charge in [-0.1, -0.05) is 28.1 Å². The number of anilines is 1. The van der Waals surface area contributed by atoms with Crippen molar-refractivity contribution in [1.82, 2.24) is 9.97 Å². The predicted molar refractivity (Wildman–Crippen MR) is 87.2 cm³/mol. The molecule has 0 aliphatic heterocycles. The Morgan fingerprint density at radius 1 is 1.21 bits per heavy atom. The average Bonchev–Trinajstić information content (AvgIpc) is 2.53. The summed E-state index contributed by atoms with van der Waals surface area (Å²) < 4.78 is 32.8. The number of alkyl halides is 2. The molecule has 0 unspecified atom stereocenters. The van der Waals surface area contributed by atoms with Crippen LogP contribution in [0.4, 0.5) is 14.5 Å². The highest BCUT2D eigenvalue weighted by atomic mass is 79.9. The molecule has 0 radical (unpaired) electrons. The van der Waals surface area contributed by atoms with Gasteiger partial charge in [-0.2, -0.15) is 0 Å². The summed E-state index contributed by atoms with van der Waals surface area (Å²) in [6.45, 7) is 0. The highest BCUT2D eigenvalue weighted by molar-refractivity contribution is 9.10. The second kappa shape index (κ2) is 6.08. The first-order valence-electron chi connectivity index (χ1n) is 7.16. The minimum Gasteiger partial charge on any atom is -0.467 e. The van der Waals surface area contributed by atoms with Gasteiger partial charge >= 0.3 is 6.01 Å². The highest BCUT2D eigenvalue weighted by Crippen LogP contribution is 2.54. The lowest BCUT2D eigenvalue weighted by atomic mass is 9.61. The summed E-state index contributed by atoms with van der Waals surface area (Å²) in [5.74, 6) is -3.34. The van der Waals surface area contributed by atoms with Gasteiger partial charge in [0, 0.05) is 17.3 Å². The molecular weight excluding hydrogens is 384 g/mol. The first-order chi connectivity index (χ1) is 11.3. The second-order valence-corrected chi connectivity index (χ2v) is 6.63. The normalized spacial score (nSPS) is 17.7. The third kappa shape index (κ3) is 3.10. The van der Waals surface area contributed by atoms with Crippen molar-refractivity contribution in [1.29, 1.82) is 0 Å². The molecule has 1 aromatic heterocycles. The van der Waals surface area contributed by atoms with Gasteiger partial charge in [-0.3, -0.25) is 4.79 Å².